The number of carbonyl (C=O) groups is 1. The average Bonchev–Trinajstić information content (AvgIpc) is 3.04. The lowest BCUT2D eigenvalue weighted by atomic mass is 10.1. The van der Waals surface area contributed by atoms with Crippen LogP contribution in [0.4, 0.5) is 0 Å². The average molecular weight is 446 g/mol. The van der Waals surface area contributed by atoms with Crippen LogP contribution in [0.5, 0.6) is 0 Å². The van der Waals surface area contributed by atoms with Crippen LogP contribution < -0.4 is 5.32 Å². The first-order valence-corrected chi connectivity index (χ1v) is 10.9. The third-order valence-corrected chi connectivity index (χ3v) is 5.61. The number of hydrogen-bond donors (Lipinski definition) is 1. The standard InChI is InChI=1S/C23H32ClN5O2/c1-16-12-29(13-17(2)31-16)22(30)19-8-6-18(7-9-19)11-26-23(25-3)28(5)15-21-10-20(24)14-27(21)4/h6-10,14,16-17H,11-13,15H2,1-5H3,(H,25,26). The summed E-state index contributed by atoms with van der Waals surface area (Å²) in [6.45, 7) is 6.56. The van der Waals surface area contributed by atoms with E-state index in [0.29, 0.717) is 31.7 Å². The Balaban J connectivity index is 1.56. The second-order valence-corrected chi connectivity index (χ2v) is 8.62. The van der Waals surface area contributed by atoms with Gasteiger partial charge >= 0.3 is 0 Å². The van der Waals surface area contributed by atoms with Crippen molar-refractivity contribution in [3.05, 3.63) is 58.4 Å². The Morgan fingerprint density at radius 1 is 1.26 bits per heavy atom. The number of halogens is 1. The number of aryl methyl sites for hydroxylation is 1. The van der Waals surface area contributed by atoms with Gasteiger partial charge in [-0.25, -0.2) is 0 Å². The van der Waals surface area contributed by atoms with E-state index in [1.165, 1.54) is 0 Å². The first-order chi connectivity index (χ1) is 14.8. The lowest BCUT2D eigenvalue weighted by Gasteiger charge is -2.35. The van der Waals surface area contributed by atoms with Gasteiger partial charge in [0.2, 0.25) is 0 Å². The zero-order valence-corrected chi connectivity index (χ0v) is 19.7. The van der Waals surface area contributed by atoms with Crippen LogP contribution in [0.15, 0.2) is 41.5 Å². The maximum Gasteiger partial charge on any atom is 0.254 e. The van der Waals surface area contributed by atoms with Crippen LogP contribution in [0.25, 0.3) is 0 Å². The first kappa shape index (κ1) is 23.2. The summed E-state index contributed by atoms with van der Waals surface area (Å²) in [6, 6.07) is 9.71. The number of hydrogen-bond acceptors (Lipinski definition) is 3. The lowest BCUT2D eigenvalue weighted by Crippen LogP contribution is -2.48. The van der Waals surface area contributed by atoms with Crippen molar-refractivity contribution >= 4 is 23.5 Å². The molecule has 0 spiro atoms. The van der Waals surface area contributed by atoms with Gasteiger partial charge < -0.3 is 24.4 Å². The van der Waals surface area contributed by atoms with Gasteiger partial charge in [-0.1, -0.05) is 23.7 Å². The van der Waals surface area contributed by atoms with E-state index in [0.717, 1.165) is 22.2 Å². The van der Waals surface area contributed by atoms with Crippen LogP contribution in [0.2, 0.25) is 5.02 Å². The second kappa shape index (κ2) is 10.2. The summed E-state index contributed by atoms with van der Waals surface area (Å²) in [6.07, 6.45) is 2.01. The molecule has 31 heavy (non-hydrogen) atoms. The minimum atomic E-state index is 0.0540. The van der Waals surface area contributed by atoms with Crippen LogP contribution in [-0.4, -0.2) is 65.6 Å². The Labute approximate surface area is 189 Å². The molecule has 0 radical (unpaired) electrons. The molecular weight excluding hydrogens is 414 g/mol. The molecule has 168 valence electrons. The number of guanidine groups is 1. The molecule has 1 fully saturated rings. The van der Waals surface area contributed by atoms with E-state index in [9.17, 15) is 4.79 Å². The van der Waals surface area contributed by atoms with E-state index >= 15 is 0 Å². The highest BCUT2D eigenvalue weighted by Gasteiger charge is 2.26. The molecule has 2 unspecified atom stereocenters. The molecule has 1 aliphatic rings. The molecular formula is C23H32ClN5O2. The van der Waals surface area contributed by atoms with Gasteiger partial charge in [0.25, 0.3) is 5.91 Å². The monoisotopic (exact) mass is 445 g/mol. The molecule has 1 N–H and O–H groups in total. The van der Waals surface area contributed by atoms with Gasteiger partial charge in [-0.05, 0) is 37.6 Å². The Morgan fingerprint density at radius 2 is 1.90 bits per heavy atom. The maximum absolute atomic E-state index is 12.8. The van der Waals surface area contributed by atoms with Crippen LogP contribution >= 0.6 is 11.6 Å². The SMILES string of the molecule is CN=C(NCc1ccc(C(=O)N2CC(C)OC(C)C2)cc1)N(C)Cc1cc(Cl)cn1C. The molecule has 1 aromatic heterocycles. The van der Waals surface area contributed by atoms with Crippen molar-refractivity contribution in [2.24, 2.45) is 12.0 Å². The zero-order chi connectivity index (χ0) is 22.5. The molecule has 3 rings (SSSR count). The van der Waals surface area contributed by atoms with Crippen molar-refractivity contribution in [2.45, 2.75) is 39.1 Å². The number of ether oxygens (including phenoxy) is 1. The fraction of sp³-hybridized carbons (Fsp3) is 0.478. The summed E-state index contributed by atoms with van der Waals surface area (Å²) in [7, 11) is 5.73. The molecule has 0 aliphatic carbocycles. The fourth-order valence-corrected chi connectivity index (χ4v) is 4.17. The molecule has 1 aromatic carbocycles. The Bertz CT molecular complexity index is 915. The Hall–Kier alpha value is -2.51. The number of nitrogens with one attached hydrogen (secondary N) is 1. The van der Waals surface area contributed by atoms with Crippen LogP contribution in [-0.2, 0) is 24.9 Å². The number of morpholine rings is 1. The third-order valence-electron chi connectivity index (χ3n) is 5.41. The number of nitrogens with zero attached hydrogens (tertiary/aromatic N) is 4. The number of aliphatic imine (C=N–C) groups is 1. The quantitative estimate of drug-likeness (QED) is 0.567. The van der Waals surface area contributed by atoms with Gasteiger partial charge in [0.15, 0.2) is 5.96 Å². The molecule has 1 aliphatic heterocycles. The van der Waals surface area contributed by atoms with E-state index in [1.54, 1.807) is 7.05 Å². The third kappa shape index (κ3) is 6.02. The minimum Gasteiger partial charge on any atom is -0.372 e. The number of aromatic nitrogens is 1. The van der Waals surface area contributed by atoms with E-state index in [4.69, 9.17) is 16.3 Å². The molecule has 7 nitrogen and oxygen atoms in total. The second-order valence-electron chi connectivity index (χ2n) is 8.18. The van der Waals surface area contributed by atoms with Gasteiger partial charge in [-0.3, -0.25) is 9.79 Å². The predicted octanol–water partition coefficient (Wildman–Crippen LogP) is 3.14. The highest BCUT2D eigenvalue weighted by Crippen LogP contribution is 2.16. The van der Waals surface area contributed by atoms with Crippen LogP contribution in [0, 0.1) is 0 Å². The molecule has 1 saturated heterocycles. The number of amides is 1. The highest BCUT2D eigenvalue weighted by molar-refractivity contribution is 6.30. The smallest absolute Gasteiger partial charge is 0.254 e. The molecule has 2 aromatic rings. The molecule has 2 heterocycles. The first-order valence-electron chi connectivity index (χ1n) is 10.5. The Morgan fingerprint density at radius 3 is 2.45 bits per heavy atom. The zero-order valence-electron chi connectivity index (χ0n) is 18.9. The molecule has 2 atom stereocenters. The molecule has 0 bridgehead atoms. The normalized spacial score (nSPS) is 19.4. The van der Waals surface area contributed by atoms with Crippen molar-refractivity contribution < 1.29 is 9.53 Å². The van der Waals surface area contributed by atoms with Gasteiger partial charge in [0.05, 0.1) is 23.8 Å². The molecule has 1 amide bonds. The summed E-state index contributed by atoms with van der Waals surface area (Å²) in [5.74, 6) is 0.840. The Kier molecular flexibility index (Phi) is 7.62. The largest absolute Gasteiger partial charge is 0.372 e. The van der Waals surface area contributed by atoms with E-state index in [2.05, 4.69) is 10.3 Å². The topological polar surface area (TPSA) is 62.1 Å². The van der Waals surface area contributed by atoms with Crippen molar-refractivity contribution in [2.75, 3.05) is 27.2 Å². The minimum absolute atomic E-state index is 0.0540. The van der Waals surface area contributed by atoms with Crippen molar-refractivity contribution in [3.63, 3.8) is 0 Å². The summed E-state index contributed by atoms with van der Waals surface area (Å²) < 4.78 is 7.74. The summed E-state index contributed by atoms with van der Waals surface area (Å²) in [5, 5.41) is 4.10. The van der Waals surface area contributed by atoms with Crippen LogP contribution in [0.3, 0.4) is 0 Å². The van der Waals surface area contributed by atoms with Gasteiger partial charge in [-0.2, -0.15) is 0 Å². The van der Waals surface area contributed by atoms with Crippen molar-refractivity contribution in [1.29, 1.82) is 0 Å². The molecule has 0 saturated carbocycles. The predicted molar refractivity (Wildman–Crippen MR) is 124 cm³/mol. The summed E-state index contributed by atoms with van der Waals surface area (Å²) in [4.78, 5) is 21.1. The van der Waals surface area contributed by atoms with Gasteiger partial charge in [-0.15, -0.1) is 0 Å². The van der Waals surface area contributed by atoms with Crippen molar-refractivity contribution in [3.8, 4) is 0 Å². The number of benzene rings is 1. The highest BCUT2D eigenvalue weighted by atomic mass is 35.5. The molecule has 8 heteroatoms. The lowest BCUT2D eigenvalue weighted by molar-refractivity contribution is -0.0586. The fourth-order valence-electron chi connectivity index (χ4n) is 3.90. The van der Waals surface area contributed by atoms with E-state index in [-0.39, 0.29) is 18.1 Å². The van der Waals surface area contributed by atoms with E-state index < -0.39 is 0 Å². The maximum atomic E-state index is 12.8. The van der Waals surface area contributed by atoms with Gasteiger partial charge in [0, 0.05) is 58.2 Å². The van der Waals surface area contributed by atoms with E-state index in [1.807, 2.05) is 78.8 Å². The number of rotatable bonds is 5. The summed E-state index contributed by atoms with van der Waals surface area (Å²) >= 11 is 6.08. The van der Waals surface area contributed by atoms with Crippen LogP contribution in [0.1, 0.15) is 35.5 Å². The van der Waals surface area contributed by atoms with Gasteiger partial charge in [0.1, 0.15) is 0 Å². The number of carbonyl (C=O) groups excluding carboxylic acids is 1. The summed E-state index contributed by atoms with van der Waals surface area (Å²) in [5.41, 5.74) is 2.88. The van der Waals surface area contributed by atoms with Crippen molar-refractivity contribution in [1.82, 2.24) is 19.7 Å².